The second-order valence-electron chi connectivity index (χ2n) is 15.0. The van der Waals surface area contributed by atoms with Crippen LogP contribution in [0.2, 0.25) is 0 Å². The molecule has 326 valence electrons. The molecule has 0 radical (unpaired) electrons. The zero-order chi connectivity index (χ0) is 44.2. The highest BCUT2D eigenvalue weighted by atomic mass is 31.2. The van der Waals surface area contributed by atoms with Crippen molar-refractivity contribution >= 4 is 20.3 Å². The maximum atomic E-state index is 14.0. The second-order valence-corrected chi connectivity index (χ2v) is 16.4. The molecule has 0 aliphatic carbocycles. The quantitative estimate of drug-likeness (QED) is 0.0457. The number of aromatic nitrogens is 2. The van der Waals surface area contributed by atoms with Crippen LogP contribution in [0.15, 0.2) is 126 Å². The highest BCUT2D eigenvalue weighted by Crippen LogP contribution is 2.51. The van der Waals surface area contributed by atoms with Gasteiger partial charge in [0, 0.05) is 31.0 Å². The summed E-state index contributed by atoms with van der Waals surface area (Å²) in [6, 6.07) is 37.6. The van der Waals surface area contributed by atoms with Gasteiger partial charge in [-0.05, 0) is 86.8 Å². The standard InChI is InChI=1S/C47H54N5O9P/c1-32(2)52(33(3)4)62(59-30-14-28-48)61-43-42(57-7)40(60-45(43)51-29-27-41(50-46(51)54)49-44(53)34-15-10-8-11-16-34)31-58-47(35-17-12-9-13-18-35,36-19-23-38(55-5)24-20-36)37-21-25-39(56-6)26-22-37/h8-13,15-27,29,32-33,40,42-43,45H,14,30-31H2,1-7H3,(H,49,50,53,54). The van der Waals surface area contributed by atoms with Crippen LogP contribution in [0.4, 0.5) is 5.82 Å². The van der Waals surface area contributed by atoms with Crippen molar-refractivity contribution in [2.24, 2.45) is 0 Å². The Morgan fingerprint density at radius 1 is 0.839 bits per heavy atom. The van der Waals surface area contributed by atoms with E-state index in [2.05, 4.69) is 21.0 Å². The molecule has 2 heterocycles. The molecule has 1 aliphatic heterocycles. The molecule has 0 bridgehead atoms. The lowest BCUT2D eigenvalue weighted by Gasteiger charge is -2.38. The Morgan fingerprint density at radius 3 is 1.92 bits per heavy atom. The van der Waals surface area contributed by atoms with Crippen LogP contribution in [0, 0.1) is 11.3 Å². The van der Waals surface area contributed by atoms with Gasteiger partial charge in [0.1, 0.15) is 41.2 Å². The molecule has 14 nitrogen and oxygen atoms in total. The molecule has 5 unspecified atom stereocenters. The number of rotatable bonds is 20. The van der Waals surface area contributed by atoms with Crippen LogP contribution in [0.3, 0.4) is 0 Å². The largest absolute Gasteiger partial charge is 0.497 e. The number of nitrogens with zero attached hydrogens (tertiary/aromatic N) is 4. The molecule has 1 amide bonds. The number of carbonyl (C=O) groups is 1. The molecule has 6 rings (SSSR count). The zero-order valence-corrected chi connectivity index (χ0v) is 36.9. The molecule has 4 aromatic carbocycles. The summed E-state index contributed by atoms with van der Waals surface area (Å²) >= 11 is 0. The van der Waals surface area contributed by atoms with Crippen molar-refractivity contribution < 1.29 is 37.5 Å². The molecule has 0 saturated carbocycles. The lowest BCUT2D eigenvalue weighted by atomic mass is 9.80. The fourth-order valence-electron chi connectivity index (χ4n) is 7.60. The molecule has 1 saturated heterocycles. The van der Waals surface area contributed by atoms with Crippen LogP contribution in [-0.4, -0.2) is 85.1 Å². The zero-order valence-electron chi connectivity index (χ0n) is 36.0. The Bertz CT molecular complexity index is 2230. The summed E-state index contributed by atoms with van der Waals surface area (Å²) in [6.45, 7) is 8.24. The monoisotopic (exact) mass is 863 g/mol. The SMILES string of the molecule is COc1ccc(C(OCC2OC(n3ccc(NC(=O)c4ccccc4)nc3=O)C(OP(OCCC#N)N(C(C)C)C(C)C)C2OC)(c2ccccc2)c2ccc(OC)cc2)cc1. The number of benzene rings is 4. The van der Waals surface area contributed by atoms with E-state index in [1.807, 2.05) is 113 Å². The van der Waals surface area contributed by atoms with Gasteiger partial charge in [0.25, 0.3) is 14.4 Å². The third-order valence-corrected chi connectivity index (χ3v) is 12.6. The van der Waals surface area contributed by atoms with E-state index in [9.17, 15) is 14.9 Å². The van der Waals surface area contributed by atoms with E-state index < -0.39 is 50.3 Å². The highest BCUT2D eigenvalue weighted by Gasteiger charge is 2.51. The van der Waals surface area contributed by atoms with E-state index in [0.717, 1.165) is 16.7 Å². The van der Waals surface area contributed by atoms with Crippen molar-refractivity contribution in [2.75, 3.05) is 39.9 Å². The summed E-state index contributed by atoms with van der Waals surface area (Å²) in [6.07, 6.45) is -2.00. The Labute approximate surface area is 364 Å². The molecule has 15 heteroatoms. The number of ether oxygens (including phenoxy) is 5. The first-order valence-corrected chi connectivity index (χ1v) is 21.5. The molecule has 62 heavy (non-hydrogen) atoms. The van der Waals surface area contributed by atoms with E-state index in [1.165, 1.54) is 16.8 Å². The van der Waals surface area contributed by atoms with Crippen molar-refractivity contribution in [3.63, 3.8) is 0 Å². The van der Waals surface area contributed by atoms with Crippen LogP contribution >= 0.6 is 8.53 Å². The highest BCUT2D eigenvalue weighted by molar-refractivity contribution is 7.44. The van der Waals surface area contributed by atoms with Gasteiger partial charge >= 0.3 is 5.69 Å². The normalized spacial score (nSPS) is 18.1. The number of amides is 1. The fourth-order valence-corrected chi connectivity index (χ4v) is 9.33. The summed E-state index contributed by atoms with van der Waals surface area (Å²) in [7, 11) is 2.96. The summed E-state index contributed by atoms with van der Waals surface area (Å²) < 4.78 is 48.1. The molecule has 5 atom stereocenters. The van der Waals surface area contributed by atoms with E-state index in [-0.39, 0.29) is 37.5 Å². The van der Waals surface area contributed by atoms with Gasteiger partial charge < -0.3 is 38.0 Å². The molecule has 1 fully saturated rings. The Kier molecular flexibility index (Phi) is 16.0. The first-order chi connectivity index (χ1) is 30.0. The van der Waals surface area contributed by atoms with Crippen molar-refractivity contribution in [3.8, 4) is 17.6 Å². The number of hydrogen-bond donors (Lipinski definition) is 1. The van der Waals surface area contributed by atoms with Crippen LogP contribution < -0.4 is 20.5 Å². The van der Waals surface area contributed by atoms with Crippen LogP contribution in [0.5, 0.6) is 11.5 Å². The summed E-state index contributed by atoms with van der Waals surface area (Å²) in [4.78, 5) is 31.2. The third-order valence-electron chi connectivity index (χ3n) is 10.5. The van der Waals surface area contributed by atoms with Gasteiger partial charge in [0.2, 0.25) is 0 Å². The van der Waals surface area contributed by atoms with E-state index in [1.54, 1.807) is 45.6 Å². The average Bonchev–Trinajstić information content (AvgIpc) is 3.63. The number of carbonyl (C=O) groups excluding carboxylic acids is 1. The summed E-state index contributed by atoms with van der Waals surface area (Å²) in [5.41, 5.74) is 1.01. The van der Waals surface area contributed by atoms with Gasteiger partial charge in [-0.3, -0.25) is 9.36 Å². The van der Waals surface area contributed by atoms with E-state index in [0.29, 0.717) is 17.1 Å². The van der Waals surface area contributed by atoms with Gasteiger partial charge in [-0.1, -0.05) is 72.8 Å². The molecule has 0 spiro atoms. The van der Waals surface area contributed by atoms with Crippen molar-refractivity contribution in [2.45, 2.75) is 76.3 Å². The minimum absolute atomic E-state index is 0.0125. The first kappa shape index (κ1) is 46.0. The average molecular weight is 864 g/mol. The minimum atomic E-state index is -1.83. The molecule has 1 aromatic heterocycles. The fraction of sp³-hybridized carbons (Fsp3) is 0.362. The molecule has 1 N–H and O–H groups in total. The Balaban J connectivity index is 1.43. The summed E-state index contributed by atoms with van der Waals surface area (Å²) in [5, 5.41) is 12.1. The second kappa shape index (κ2) is 21.5. The van der Waals surface area contributed by atoms with Gasteiger partial charge in [-0.25, -0.2) is 9.46 Å². The summed E-state index contributed by atoms with van der Waals surface area (Å²) in [5.74, 6) is 1.02. The molecular weight excluding hydrogens is 810 g/mol. The first-order valence-electron chi connectivity index (χ1n) is 20.4. The maximum absolute atomic E-state index is 14.0. The Morgan fingerprint density at radius 2 is 1.40 bits per heavy atom. The maximum Gasteiger partial charge on any atom is 0.351 e. The molecule has 1 aliphatic rings. The van der Waals surface area contributed by atoms with E-state index >= 15 is 0 Å². The van der Waals surface area contributed by atoms with Crippen LogP contribution in [0.25, 0.3) is 0 Å². The van der Waals surface area contributed by atoms with Crippen molar-refractivity contribution in [1.82, 2.24) is 14.2 Å². The number of nitriles is 1. The molecular formula is C47H54N5O9P. The Hall–Kier alpha value is -5.49. The van der Waals surface area contributed by atoms with Gasteiger partial charge in [0.05, 0.1) is 39.9 Å². The molecule has 5 aromatic rings. The number of anilines is 1. The van der Waals surface area contributed by atoms with Gasteiger partial charge in [-0.2, -0.15) is 10.2 Å². The van der Waals surface area contributed by atoms with Crippen molar-refractivity contribution in [1.29, 1.82) is 5.26 Å². The number of hydrogen-bond acceptors (Lipinski definition) is 12. The van der Waals surface area contributed by atoms with Gasteiger partial charge in [-0.15, -0.1) is 0 Å². The van der Waals surface area contributed by atoms with Crippen LogP contribution in [-0.2, 0) is 28.9 Å². The number of methoxy groups -OCH3 is 3. The predicted octanol–water partition coefficient (Wildman–Crippen LogP) is 8.10. The lowest BCUT2D eigenvalue weighted by molar-refractivity contribution is -0.0994. The van der Waals surface area contributed by atoms with Gasteiger partial charge in [0.15, 0.2) is 6.23 Å². The van der Waals surface area contributed by atoms with Crippen LogP contribution in [0.1, 0.15) is 67.4 Å². The number of nitrogens with one attached hydrogen (secondary N) is 1. The third kappa shape index (κ3) is 10.4. The lowest BCUT2D eigenvalue weighted by Crippen LogP contribution is -2.42. The minimum Gasteiger partial charge on any atom is -0.497 e. The topological polar surface area (TPSA) is 156 Å². The van der Waals surface area contributed by atoms with E-state index in [4.69, 9.17) is 32.7 Å². The van der Waals surface area contributed by atoms with Crippen molar-refractivity contribution in [3.05, 3.63) is 154 Å². The predicted molar refractivity (Wildman–Crippen MR) is 236 cm³/mol. The smallest absolute Gasteiger partial charge is 0.351 e.